The summed E-state index contributed by atoms with van der Waals surface area (Å²) in [6, 6.07) is 20.3. The first kappa shape index (κ1) is 27.9. The zero-order chi connectivity index (χ0) is 26.3. The average Bonchev–Trinajstić information content (AvgIpc) is 3.46. The van der Waals surface area contributed by atoms with E-state index in [9.17, 15) is 26.3 Å². The fraction of sp³-hybridized carbons (Fsp3) is 0.231. The molecule has 0 unspecified atom stereocenters. The van der Waals surface area contributed by atoms with Gasteiger partial charge < -0.3 is 9.47 Å². The molecule has 4 aromatic rings. The van der Waals surface area contributed by atoms with Crippen molar-refractivity contribution in [2.45, 2.75) is 25.6 Å². The van der Waals surface area contributed by atoms with Crippen molar-refractivity contribution in [3.63, 3.8) is 0 Å². The van der Waals surface area contributed by atoms with Gasteiger partial charge in [-0.2, -0.15) is 26.3 Å². The van der Waals surface area contributed by atoms with Crippen molar-refractivity contribution in [3.05, 3.63) is 92.3 Å². The smallest absolute Gasteiger partial charge is 0.379 e. The number of hydrogen-bond donors (Lipinski definition) is 0. The molecular formula is C26H22F6O2S2. The zero-order valence-electron chi connectivity index (χ0n) is 19.2. The van der Waals surface area contributed by atoms with Gasteiger partial charge in [-0.05, 0) is 28.8 Å². The lowest BCUT2D eigenvalue weighted by Crippen LogP contribution is -2.03. The van der Waals surface area contributed by atoms with Gasteiger partial charge in [-0.3, -0.25) is 0 Å². The maximum absolute atomic E-state index is 13.0. The minimum absolute atomic E-state index is 0.185. The Morgan fingerprint density at radius 3 is 1.64 bits per heavy atom. The molecule has 0 aliphatic carbocycles. The number of alkyl halides is 6. The molecule has 2 aromatic heterocycles. The minimum atomic E-state index is -4.33. The van der Waals surface area contributed by atoms with Crippen molar-refractivity contribution in [2.75, 3.05) is 14.2 Å². The molecule has 0 spiro atoms. The van der Waals surface area contributed by atoms with Gasteiger partial charge in [0.05, 0.1) is 13.2 Å². The lowest BCUT2D eigenvalue weighted by atomic mass is 10.1. The zero-order valence-corrected chi connectivity index (χ0v) is 20.9. The number of hydrogen-bond acceptors (Lipinski definition) is 4. The Morgan fingerprint density at radius 1 is 0.639 bits per heavy atom. The average molecular weight is 545 g/mol. The number of benzene rings is 2. The fourth-order valence-electron chi connectivity index (χ4n) is 3.37. The quantitative estimate of drug-likeness (QED) is 0.225. The Labute approximate surface area is 212 Å². The summed E-state index contributed by atoms with van der Waals surface area (Å²) in [4.78, 5) is 0.00820. The van der Waals surface area contributed by atoms with Crippen molar-refractivity contribution in [3.8, 4) is 22.3 Å². The van der Waals surface area contributed by atoms with Gasteiger partial charge in [-0.1, -0.05) is 60.7 Å². The van der Waals surface area contributed by atoms with Crippen LogP contribution in [0.4, 0.5) is 26.3 Å². The van der Waals surface area contributed by atoms with Crippen molar-refractivity contribution in [1.82, 2.24) is 0 Å². The summed E-state index contributed by atoms with van der Waals surface area (Å²) in [6.45, 7) is 0.381. The van der Waals surface area contributed by atoms with Crippen molar-refractivity contribution in [2.24, 2.45) is 0 Å². The Morgan fingerprint density at radius 2 is 1.17 bits per heavy atom. The second-order valence-corrected chi connectivity index (χ2v) is 9.77. The second-order valence-electron chi connectivity index (χ2n) is 7.50. The molecular weight excluding hydrogens is 522 g/mol. The Hall–Kier alpha value is -2.66. The molecule has 0 N–H and O–H groups in total. The van der Waals surface area contributed by atoms with E-state index in [4.69, 9.17) is 9.47 Å². The van der Waals surface area contributed by atoms with Gasteiger partial charge in [0.15, 0.2) is 0 Å². The molecule has 192 valence electrons. The van der Waals surface area contributed by atoms with E-state index < -0.39 is 22.1 Å². The van der Waals surface area contributed by atoms with Gasteiger partial charge in [0.2, 0.25) is 0 Å². The van der Waals surface area contributed by atoms with E-state index in [-0.39, 0.29) is 18.8 Å². The largest absolute Gasteiger partial charge is 0.426 e. The molecule has 0 radical (unpaired) electrons. The van der Waals surface area contributed by atoms with E-state index in [1.165, 1.54) is 20.3 Å². The van der Waals surface area contributed by atoms with Gasteiger partial charge in [0.1, 0.15) is 9.75 Å². The van der Waals surface area contributed by atoms with E-state index >= 15 is 0 Å². The highest BCUT2D eigenvalue weighted by Gasteiger charge is 2.36. The van der Waals surface area contributed by atoms with Gasteiger partial charge >= 0.3 is 12.4 Å². The Balaban J connectivity index is 0.000000201. The summed E-state index contributed by atoms with van der Waals surface area (Å²) in [6.07, 6.45) is -8.64. The fourth-order valence-corrected chi connectivity index (χ4v) is 5.41. The molecule has 0 saturated heterocycles. The number of halogens is 6. The molecule has 36 heavy (non-hydrogen) atoms. The van der Waals surface area contributed by atoms with Crippen LogP contribution in [0.25, 0.3) is 22.3 Å². The van der Waals surface area contributed by atoms with Gasteiger partial charge in [-0.25, -0.2) is 0 Å². The summed E-state index contributed by atoms with van der Waals surface area (Å²) in [5, 5.41) is 0. The number of thiophene rings is 2. The minimum Gasteiger partial charge on any atom is -0.379 e. The molecule has 2 heterocycles. The Kier molecular flexibility index (Phi) is 9.35. The standard InChI is InChI=1S/2C13H11F3OS/c1-17-8-11-10(9-5-3-2-4-6-9)7-12(18-11)13(14,15)16;1-17-8-10-7-11(9-5-3-2-4-6-9)12(18-10)13(14,15)16/h2*2-7H,8H2,1H3. The van der Waals surface area contributed by atoms with Crippen LogP contribution in [0.5, 0.6) is 0 Å². The van der Waals surface area contributed by atoms with Gasteiger partial charge in [0.25, 0.3) is 0 Å². The maximum Gasteiger partial charge on any atom is 0.426 e. The van der Waals surface area contributed by atoms with Crippen LogP contribution in [0, 0.1) is 0 Å². The maximum atomic E-state index is 13.0. The number of ether oxygens (including phenoxy) is 2. The summed E-state index contributed by atoms with van der Waals surface area (Å²) in [7, 11) is 2.94. The normalized spacial score (nSPS) is 11.8. The molecule has 0 bridgehead atoms. The second kappa shape index (κ2) is 12.1. The summed E-state index contributed by atoms with van der Waals surface area (Å²) >= 11 is 1.47. The third-order valence-corrected chi connectivity index (χ3v) is 7.17. The summed E-state index contributed by atoms with van der Waals surface area (Å²) in [5.74, 6) is 0. The molecule has 0 aliphatic rings. The van der Waals surface area contributed by atoms with Crippen LogP contribution in [0.2, 0.25) is 0 Å². The van der Waals surface area contributed by atoms with Crippen LogP contribution in [0.1, 0.15) is 19.5 Å². The predicted molar refractivity (Wildman–Crippen MR) is 131 cm³/mol. The molecule has 0 amide bonds. The molecule has 0 aliphatic heterocycles. The van der Waals surface area contributed by atoms with E-state index in [1.807, 2.05) is 6.07 Å². The van der Waals surface area contributed by atoms with Crippen LogP contribution in [0.3, 0.4) is 0 Å². The lowest BCUT2D eigenvalue weighted by molar-refractivity contribution is -0.135. The molecule has 0 fully saturated rings. The van der Waals surface area contributed by atoms with Crippen LogP contribution in [0.15, 0.2) is 72.8 Å². The first-order valence-corrected chi connectivity index (χ1v) is 12.2. The summed E-state index contributed by atoms with van der Waals surface area (Å²) in [5.41, 5.74) is 2.16. The molecule has 0 saturated carbocycles. The van der Waals surface area contributed by atoms with Gasteiger partial charge in [-0.15, -0.1) is 22.7 Å². The first-order valence-electron chi connectivity index (χ1n) is 10.5. The third kappa shape index (κ3) is 7.19. The van der Waals surface area contributed by atoms with Crippen molar-refractivity contribution in [1.29, 1.82) is 0 Å². The van der Waals surface area contributed by atoms with Crippen LogP contribution < -0.4 is 0 Å². The Bertz CT molecular complexity index is 1230. The SMILES string of the molecule is COCc1cc(-c2ccccc2)c(C(F)(F)F)s1.COCc1sc(C(F)(F)F)cc1-c1ccccc1. The highest BCUT2D eigenvalue weighted by atomic mass is 32.1. The van der Waals surface area contributed by atoms with Crippen molar-refractivity contribution < 1.29 is 35.8 Å². The lowest BCUT2D eigenvalue weighted by Gasteiger charge is -2.07. The van der Waals surface area contributed by atoms with E-state index in [1.54, 1.807) is 60.7 Å². The number of methoxy groups -OCH3 is 2. The molecule has 4 rings (SSSR count). The predicted octanol–water partition coefficient (Wildman–Crippen LogP) is 9.16. The van der Waals surface area contributed by atoms with Crippen LogP contribution in [-0.4, -0.2) is 14.2 Å². The van der Waals surface area contributed by atoms with Crippen LogP contribution >= 0.6 is 22.7 Å². The number of rotatable bonds is 6. The molecule has 2 nitrogen and oxygen atoms in total. The topological polar surface area (TPSA) is 18.5 Å². The van der Waals surface area contributed by atoms with E-state index in [0.717, 1.165) is 28.2 Å². The highest BCUT2D eigenvalue weighted by Crippen LogP contribution is 2.43. The third-order valence-electron chi connectivity index (χ3n) is 4.86. The molecule has 10 heteroatoms. The van der Waals surface area contributed by atoms with E-state index in [2.05, 4.69) is 0 Å². The summed E-state index contributed by atoms with van der Waals surface area (Å²) < 4.78 is 86.8. The highest BCUT2D eigenvalue weighted by molar-refractivity contribution is 7.12. The van der Waals surface area contributed by atoms with Crippen LogP contribution in [-0.2, 0) is 35.0 Å². The molecule has 2 aromatic carbocycles. The monoisotopic (exact) mass is 544 g/mol. The molecule has 0 atom stereocenters. The van der Waals surface area contributed by atoms with Gasteiger partial charge in [0, 0.05) is 29.5 Å². The van der Waals surface area contributed by atoms with Crippen molar-refractivity contribution >= 4 is 22.7 Å². The first-order chi connectivity index (χ1) is 17.0. The van der Waals surface area contributed by atoms with E-state index in [0.29, 0.717) is 20.9 Å².